The van der Waals surface area contributed by atoms with Crippen LogP contribution in [-0.4, -0.2) is 37.4 Å². The number of nitrogens with zero attached hydrogens (tertiary/aromatic N) is 1. The molecule has 2 aliphatic heterocycles. The molecule has 1 saturated heterocycles. The van der Waals surface area contributed by atoms with Gasteiger partial charge in [0.05, 0.1) is 0 Å². The molecule has 4 nitrogen and oxygen atoms in total. The molecule has 2 aliphatic rings. The summed E-state index contributed by atoms with van der Waals surface area (Å²) < 4.78 is 11.3. The molecule has 110 valence electrons. The number of nitrogens with one attached hydrogen (secondary N) is 1. The summed E-state index contributed by atoms with van der Waals surface area (Å²) in [4.78, 5) is 2.49. The highest BCUT2D eigenvalue weighted by Gasteiger charge is 2.34. The third-order valence-corrected chi connectivity index (χ3v) is 4.67. The zero-order valence-corrected chi connectivity index (χ0v) is 12.7. The van der Waals surface area contributed by atoms with E-state index in [1.165, 1.54) is 5.69 Å². The minimum absolute atomic E-state index is 0.448. The van der Waals surface area contributed by atoms with E-state index in [0.717, 1.165) is 11.5 Å². The van der Waals surface area contributed by atoms with Crippen molar-refractivity contribution in [2.24, 2.45) is 0 Å². The van der Waals surface area contributed by atoms with Crippen molar-refractivity contribution in [3.8, 4) is 11.5 Å². The maximum Gasteiger partial charge on any atom is 0.163 e. The molecule has 3 rings (SSSR count). The number of rotatable bonds is 1. The summed E-state index contributed by atoms with van der Waals surface area (Å²) in [5, 5.41) is 3.64. The number of hydrogen-bond acceptors (Lipinski definition) is 4. The van der Waals surface area contributed by atoms with Gasteiger partial charge in [0.1, 0.15) is 13.2 Å². The summed E-state index contributed by atoms with van der Waals surface area (Å²) in [5.41, 5.74) is 1.22. The monoisotopic (exact) mass is 276 g/mol. The molecule has 1 aromatic carbocycles. The average Bonchev–Trinajstić information content (AvgIpc) is 2.45. The Kier molecular flexibility index (Phi) is 3.50. The second-order valence-corrected chi connectivity index (χ2v) is 5.96. The molecule has 4 heteroatoms. The Morgan fingerprint density at radius 3 is 2.20 bits per heavy atom. The molecule has 0 aliphatic carbocycles. The van der Waals surface area contributed by atoms with Crippen molar-refractivity contribution in [2.45, 2.75) is 51.9 Å². The van der Waals surface area contributed by atoms with Gasteiger partial charge < -0.3 is 19.7 Å². The van der Waals surface area contributed by atoms with Gasteiger partial charge >= 0.3 is 0 Å². The van der Waals surface area contributed by atoms with Crippen LogP contribution in [0.2, 0.25) is 0 Å². The lowest BCUT2D eigenvalue weighted by Gasteiger charge is -2.48. The standard InChI is InChI=1S/C16H24N2O2/c1-10-12(3)18(13(4)11(2)17-10)14-5-6-15-16(9-14)20-8-7-19-15/h5-6,9-13,17H,7-8H2,1-4H3. The summed E-state index contributed by atoms with van der Waals surface area (Å²) in [6.07, 6.45) is 0. The van der Waals surface area contributed by atoms with Crippen LogP contribution in [0.25, 0.3) is 0 Å². The Morgan fingerprint density at radius 1 is 0.950 bits per heavy atom. The topological polar surface area (TPSA) is 33.7 Å². The first-order valence-electron chi connectivity index (χ1n) is 7.52. The summed E-state index contributed by atoms with van der Waals surface area (Å²) >= 11 is 0. The van der Waals surface area contributed by atoms with Crippen LogP contribution in [0.5, 0.6) is 11.5 Å². The normalized spacial score (nSPS) is 33.1. The van der Waals surface area contributed by atoms with E-state index < -0.39 is 0 Å². The molecule has 0 bridgehead atoms. The second-order valence-electron chi connectivity index (χ2n) is 5.96. The first-order valence-corrected chi connectivity index (χ1v) is 7.52. The number of benzene rings is 1. The smallest absolute Gasteiger partial charge is 0.163 e. The first kappa shape index (κ1) is 13.6. The van der Waals surface area contributed by atoms with Crippen molar-refractivity contribution in [3.63, 3.8) is 0 Å². The molecule has 1 aromatic rings. The van der Waals surface area contributed by atoms with Crippen molar-refractivity contribution in [1.82, 2.24) is 5.32 Å². The van der Waals surface area contributed by atoms with Crippen LogP contribution in [0.15, 0.2) is 18.2 Å². The van der Waals surface area contributed by atoms with Crippen LogP contribution >= 0.6 is 0 Å². The summed E-state index contributed by atoms with van der Waals surface area (Å²) in [6, 6.07) is 8.12. The lowest BCUT2D eigenvalue weighted by Crippen LogP contribution is -2.64. The number of ether oxygens (including phenoxy) is 2. The molecule has 1 N–H and O–H groups in total. The van der Waals surface area contributed by atoms with Crippen LogP contribution in [0, 0.1) is 0 Å². The van der Waals surface area contributed by atoms with E-state index in [2.05, 4.69) is 50.0 Å². The zero-order valence-electron chi connectivity index (χ0n) is 12.7. The van der Waals surface area contributed by atoms with Crippen molar-refractivity contribution >= 4 is 5.69 Å². The number of anilines is 1. The Balaban J connectivity index is 1.94. The predicted octanol–water partition coefficient (Wildman–Crippen LogP) is 2.42. The maximum absolute atomic E-state index is 5.71. The lowest BCUT2D eigenvalue weighted by atomic mass is 9.96. The third kappa shape index (κ3) is 2.22. The van der Waals surface area contributed by atoms with Crippen LogP contribution in [-0.2, 0) is 0 Å². The quantitative estimate of drug-likeness (QED) is 0.854. The van der Waals surface area contributed by atoms with E-state index in [1.807, 2.05) is 6.07 Å². The van der Waals surface area contributed by atoms with E-state index in [4.69, 9.17) is 9.47 Å². The minimum Gasteiger partial charge on any atom is -0.486 e. The molecule has 0 amide bonds. The maximum atomic E-state index is 5.71. The van der Waals surface area contributed by atoms with Crippen molar-refractivity contribution in [1.29, 1.82) is 0 Å². The van der Waals surface area contributed by atoms with E-state index in [1.54, 1.807) is 0 Å². The summed E-state index contributed by atoms with van der Waals surface area (Å²) in [6.45, 7) is 10.3. The van der Waals surface area contributed by atoms with E-state index >= 15 is 0 Å². The lowest BCUT2D eigenvalue weighted by molar-refractivity contribution is 0.171. The highest BCUT2D eigenvalue weighted by Crippen LogP contribution is 2.36. The number of piperazine rings is 1. The fourth-order valence-corrected chi connectivity index (χ4v) is 3.21. The van der Waals surface area contributed by atoms with Gasteiger partial charge in [-0.05, 0) is 39.8 Å². The van der Waals surface area contributed by atoms with Gasteiger partial charge in [0.25, 0.3) is 0 Å². The van der Waals surface area contributed by atoms with Crippen molar-refractivity contribution < 1.29 is 9.47 Å². The van der Waals surface area contributed by atoms with Gasteiger partial charge in [-0.15, -0.1) is 0 Å². The highest BCUT2D eigenvalue weighted by molar-refractivity contribution is 5.58. The fourth-order valence-electron chi connectivity index (χ4n) is 3.21. The van der Waals surface area contributed by atoms with Gasteiger partial charge in [0.2, 0.25) is 0 Å². The van der Waals surface area contributed by atoms with Crippen LogP contribution in [0.3, 0.4) is 0 Å². The largest absolute Gasteiger partial charge is 0.486 e. The molecule has 4 unspecified atom stereocenters. The van der Waals surface area contributed by atoms with E-state index in [-0.39, 0.29) is 0 Å². The van der Waals surface area contributed by atoms with Gasteiger partial charge in [0.15, 0.2) is 11.5 Å². The average molecular weight is 276 g/mol. The van der Waals surface area contributed by atoms with Gasteiger partial charge in [-0.2, -0.15) is 0 Å². The Morgan fingerprint density at radius 2 is 1.55 bits per heavy atom. The summed E-state index contributed by atoms with van der Waals surface area (Å²) in [5.74, 6) is 1.73. The molecular formula is C16H24N2O2. The first-order chi connectivity index (χ1) is 9.58. The molecule has 4 atom stereocenters. The van der Waals surface area contributed by atoms with E-state index in [0.29, 0.717) is 37.4 Å². The van der Waals surface area contributed by atoms with Gasteiger partial charge in [0, 0.05) is 35.9 Å². The third-order valence-electron chi connectivity index (χ3n) is 4.67. The molecule has 1 fully saturated rings. The van der Waals surface area contributed by atoms with Crippen molar-refractivity contribution in [3.05, 3.63) is 18.2 Å². The molecule has 2 heterocycles. The molecule has 0 spiro atoms. The van der Waals surface area contributed by atoms with Gasteiger partial charge in [-0.3, -0.25) is 0 Å². The molecule has 0 radical (unpaired) electrons. The molecular weight excluding hydrogens is 252 g/mol. The van der Waals surface area contributed by atoms with Crippen LogP contribution in [0.1, 0.15) is 27.7 Å². The van der Waals surface area contributed by atoms with Gasteiger partial charge in [-0.1, -0.05) is 0 Å². The second kappa shape index (κ2) is 5.17. The van der Waals surface area contributed by atoms with Gasteiger partial charge in [-0.25, -0.2) is 0 Å². The highest BCUT2D eigenvalue weighted by atomic mass is 16.6. The zero-order chi connectivity index (χ0) is 14.3. The molecule has 0 aromatic heterocycles. The molecule has 20 heavy (non-hydrogen) atoms. The predicted molar refractivity (Wildman–Crippen MR) is 80.9 cm³/mol. The Bertz CT molecular complexity index is 477. The van der Waals surface area contributed by atoms with Crippen LogP contribution < -0.4 is 19.7 Å². The van der Waals surface area contributed by atoms with E-state index in [9.17, 15) is 0 Å². The molecule has 0 saturated carbocycles. The fraction of sp³-hybridized carbons (Fsp3) is 0.625. The number of fused-ring (bicyclic) bond motifs is 1. The summed E-state index contributed by atoms with van der Waals surface area (Å²) in [7, 11) is 0. The van der Waals surface area contributed by atoms with Crippen LogP contribution in [0.4, 0.5) is 5.69 Å². The minimum atomic E-state index is 0.448. The van der Waals surface area contributed by atoms with Crippen molar-refractivity contribution in [2.75, 3.05) is 18.1 Å². The Labute approximate surface area is 121 Å². The SMILES string of the molecule is CC1NC(C)C(C)N(c2ccc3c(c2)OCCO3)C1C. The number of hydrogen-bond donors (Lipinski definition) is 1. The Hall–Kier alpha value is -1.42.